The van der Waals surface area contributed by atoms with Crippen LogP contribution in [-0.2, 0) is 30.6 Å². The number of hydrogen-bond donors (Lipinski definition) is 0. The predicted molar refractivity (Wildman–Crippen MR) is 174 cm³/mol. The SMILES string of the molecule is Cc1c(N=Cc2ccccn2)c(=O)n(-c2ccccc2)n1C.Cc1c(N=Cc2ccccn2)c(=O)n(-c2ccccc2)n1C.[Ni+2].[O-][Cl+3]([O-])([O-])[O-]. The van der Waals surface area contributed by atoms with Crippen molar-refractivity contribution in [2.45, 2.75) is 13.8 Å². The summed E-state index contributed by atoms with van der Waals surface area (Å²) in [5.74, 6) is 0. The third-order valence-corrected chi connectivity index (χ3v) is 7.08. The van der Waals surface area contributed by atoms with E-state index >= 15 is 0 Å². The summed E-state index contributed by atoms with van der Waals surface area (Å²) in [4.78, 5) is 42.3. The van der Waals surface area contributed by atoms with Crippen LogP contribution < -0.4 is 29.8 Å². The molecule has 0 aliphatic rings. The van der Waals surface area contributed by atoms with Crippen LogP contribution in [0, 0.1) is 24.1 Å². The first-order valence-electron chi connectivity index (χ1n) is 14.6. The molecule has 0 amide bonds. The molecule has 2 aromatic carbocycles. The molecule has 0 spiro atoms. The van der Waals surface area contributed by atoms with Crippen molar-refractivity contribution in [3.8, 4) is 11.4 Å². The molecule has 0 atom stereocenters. The molecular formula is C34H32ClN8NiO6+. The maximum Gasteiger partial charge on any atom is 2.00 e. The summed E-state index contributed by atoms with van der Waals surface area (Å²) in [7, 11) is -1.24. The minimum absolute atomic E-state index is 0. The van der Waals surface area contributed by atoms with Crippen LogP contribution in [0.25, 0.3) is 11.4 Å². The first-order valence-corrected chi connectivity index (χ1v) is 15.8. The van der Waals surface area contributed by atoms with Gasteiger partial charge in [0, 0.05) is 26.5 Å². The number of halogens is 1. The van der Waals surface area contributed by atoms with Crippen molar-refractivity contribution in [2.75, 3.05) is 0 Å². The van der Waals surface area contributed by atoms with E-state index in [1.807, 2.05) is 134 Å². The van der Waals surface area contributed by atoms with E-state index in [9.17, 15) is 9.59 Å². The van der Waals surface area contributed by atoms with Crippen molar-refractivity contribution >= 4 is 23.8 Å². The number of benzene rings is 2. The van der Waals surface area contributed by atoms with Crippen molar-refractivity contribution in [2.24, 2.45) is 24.1 Å². The Morgan fingerprint density at radius 3 is 1.20 bits per heavy atom. The van der Waals surface area contributed by atoms with Gasteiger partial charge in [-0.15, -0.1) is 10.2 Å². The quantitative estimate of drug-likeness (QED) is 0.174. The maximum atomic E-state index is 12.6. The van der Waals surface area contributed by atoms with E-state index in [1.54, 1.807) is 34.2 Å². The van der Waals surface area contributed by atoms with Gasteiger partial charge in [0.2, 0.25) is 0 Å². The van der Waals surface area contributed by atoms with Gasteiger partial charge in [-0.2, -0.15) is 0 Å². The van der Waals surface area contributed by atoms with Crippen LogP contribution in [-0.4, -0.2) is 41.1 Å². The first-order chi connectivity index (χ1) is 23.4. The van der Waals surface area contributed by atoms with E-state index in [0.29, 0.717) is 11.4 Å². The van der Waals surface area contributed by atoms with Crippen molar-refractivity contribution in [3.05, 3.63) is 153 Å². The van der Waals surface area contributed by atoms with Crippen LogP contribution in [0.15, 0.2) is 129 Å². The van der Waals surface area contributed by atoms with Crippen LogP contribution in [0.2, 0.25) is 0 Å². The Morgan fingerprint density at radius 2 is 0.900 bits per heavy atom. The van der Waals surface area contributed by atoms with Gasteiger partial charge in [-0.3, -0.25) is 28.9 Å². The summed E-state index contributed by atoms with van der Waals surface area (Å²) in [6, 6.07) is 30.2. The second-order valence-corrected chi connectivity index (χ2v) is 11.0. The largest absolute Gasteiger partial charge is 2.00 e. The van der Waals surface area contributed by atoms with Crippen LogP contribution in [0.3, 0.4) is 0 Å². The van der Waals surface area contributed by atoms with Crippen LogP contribution >= 0.6 is 0 Å². The number of hydrogen-bond acceptors (Lipinski definition) is 10. The molecule has 16 heteroatoms. The molecule has 0 N–H and O–H groups in total. The van der Waals surface area contributed by atoms with E-state index in [2.05, 4.69) is 20.0 Å². The normalized spacial score (nSPS) is 11.0. The van der Waals surface area contributed by atoms with Crippen LogP contribution in [0.5, 0.6) is 0 Å². The molecule has 0 saturated heterocycles. The summed E-state index contributed by atoms with van der Waals surface area (Å²) in [5.41, 5.74) is 5.26. The molecule has 14 nitrogen and oxygen atoms in total. The van der Waals surface area contributed by atoms with Crippen molar-refractivity contribution in [3.63, 3.8) is 0 Å². The number of aromatic nitrogens is 6. The van der Waals surface area contributed by atoms with E-state index in [4.69, 9.17) is 18.6 Å². The Kier molecular flexibility index (Phi) is 14.0. The third kappa shape index (κ3) is 10.4. The van der Waals surface area contributed by atoms with Gasteiger partial charge in [0.25, 0.3) is 11.1 Å². The van der Waals surface area contributed by atoms with Gasteiger partial charge in [-0.05, 0) is 62.4 Å². The fourth-order valence-electron chi connectivity index (χ4n) is 4.57. The second kappa shape index (κ2) is 17.9. The number of rotatable bonds is 6. The minimum atomic E-state index is -4.94. The van der Waals surface area contributed by atoms with Gasteiger partial charge < -0.3 is 0 Å². The molecule has 6 aromatic rings. The first kappa shape index (κ1) is 39.2. The molecule has 0 saturated carbocycles. The number of para-hydroxylation sites is 2. The fourth-order valence-corrected chi connectivity index (χ4v) is 4.57. The molecule has 0 radical (unpaired) electrons. The molecule has 0 aliphatic carbocycles. The molecular weight excluding hydrogens is 711 g/mol. The Hall–Kier alpha value is -5.28. The van der Waals surface area contributed by atoms with Gasteiger partial charge in [0.05, 0.1) is 46.6 Å². The Morgan fingerprint density at radius 1 is 0.580 bits per heavy atom. The Bertz CT molecular complexity index is 1990. The monoisotopic (exact) mass is 741 g/mol. The Labute approximate surface area is 299 Å². The zero-order valence-electron chi connectivity index (χ0n) is 27.3. The summed E-state index contributed by atoms with van der Waals surface area (Å²) in [5, 5.41) is 0. The minimum Gasteiger partial charge on any atom is -0.283 e. The molecule has 0 unspecified atom stereocenters. The molecule has 0 bridgehead atoms. The average molecular weight is 743 g/mol. The average Bonchev–Trinajstić information content (AvgIpc) is 3.44. The molecule has 260 valence electrons. The molecule has 4 aromatic heterocycles. The van der Waals surface area contributed by atoms with Gasteiger partial charge in [-0.25, -0.2) is 38.0 Å². The van der Waals surface area contributed by atoms with Crippen LogP contribution in [0.1, 0.15) is 22.8 Å². The molecule has 0 fully saturated rings. The summed E-state index contributed by atoms with van der Waals surface area (Å²) in [6.07, 6.45) is 6.61. The van der Waals surface area contributed by atoms with Gasteiger partial charge >= 0.3 is 16.5 Å². The smallest absolute Gasteiger partial charge is 0.283 e. The molecule has 4 heterocycles. The standard InChI is InChI=1S/2C17H16N4O.ClHO4.Ni/c2*1-13-16(19-12-14-8-6-7-11-18-14)17(22)21(20(13)2)15-9-4-3-5-10-15;2-1(3,4)5;/h2*3-12H,1-2H3;(H,2,3,4,5);/q;;;+2/p-1. The summed E-state index contributed by atoms with van der Waals surface area (Å²) in [6.45, 7) is 3.76. The Balaban J connectivity index is 0.000000234. The fraction of sp³-hybridized carbons (Fsp3) is 0.118. The zero-order valence-corrected chi connectivity index (χ0v) is 29.0. The number of nitrogens with zero attached hydrogens (tertiary/aromatic N) is 8. The van der Waals surface area contributed by atoms with Crippen molar-refractivity contribution in [1.29, 1.82) is 0 Å². The van der Waals surface area contributed by atoms with E-state index in [1.165, 1.54) is 0 Å². The van der Waals surface area contributed by atoms with E-state index in [-0.39, 0.29) is 27.6 Å². The summed E-state index contributed by atoms with van der Waals surface area (Å²) >= 11 is 0. The van der Waals surface area contributed by atoms with Gasteiger partial charge in [0.1, 0.15) is 0 Å². The molecule has 0 aliphatic heterocycles. The van der Waals surface area contributed by atoms with E-state index in [0.717, 1.165) is 34.2 Å². The molecule has 50 heavy (non-hydrogen) atoms. The number of aliphatic imine (C=N–C) groups is 2. The topological polar surface area (TPSA) is 197 Å². The third-order valence-electron chi connectivity index (χ3n) is 7.08. The predicted octanol–water partition coefficient (Wildman–Crippen LogP) is 0.502. The second-order valence-electron chi connectivity index (χ2n) is 10.2. The van der Waals surface area contributed by atoms with Gasteiger partial charge in [-0.1, -0.05) is 48.5 Å². The molecule has 6 rings (SSSR count). The summed E-state index contributed by atoms with van der Waals surface area (Å²) < 4.78 is 40.8. The van der Waals surface area contributed by atoms with Gasteiger partial charge in [0.15, 0.2) is 11.4 Å². The number of pyridine rings is 2. The van der Waals surface area contributed by atoms with Crippen molar-refractivity contribution < 1.29 is 45.4 Å². The van der Waals surface area contributed by atoms with E-state index < -0.39 is 10.2 Å². The van der Waals surface area contributed by atoms with Crippen molar-refractivity contribution in [1.82, 2.24) is 28.7 Å². The van der Waals surface area contributed by atoms with Crippen LogP contribution in [0.4, 0.5) is 11.4 Å². The zero-order chi connectivity index (χ0) is 35.6. The maximum absolute atomic E-state index is 12.6.